The number of carbonyl (C=O) groups is 2. The number of anilines is 1. The summed E-state index contributed by atoms with van der Waals surface area (Å²) in [4.78, 5) is 25.7. The van der Waals surface area contributed by atoms with Gasteiger partial charge in [-0.1, -0.05) is 23.3 Å². The molecule has 136 valence electrons. The van der Waals surface area contributed by atoms with E-state index in [2.05, 4.69) is 11.4 Å². The second kappa shape index (κ2) is 9.62. The maximum atomic E-state index is 12.1. The van der Waals surface area contributed by atoms with Crippen LogP contribution in [0.2, 0.25) is 5.02 Å². The Hall–Kier alpha value is -1.81. The Balaban J connectivity index is 1.83. The van der Waals surface area contributed by atoms with Crippen molar-refractivity contribution in [1.29, 1.82) is 0 Å². The lowest BCUT2D eigenvalue weighted by atomic mass is 9.97. The van der Waals surface area contributed by atoms with E-state index in [9.17, 15) is 9.59 Å². The van der Waals surface area contributed by atoms with Crippen LogP contribution in [0.4, 0.5) is 5.69 Å². The molecule has 1 aliphatic carbocycles. The topological polar surface area (TPSA) is 49.4 Å². The normalized spacial score (nSPS) is 14.0. The molecule has 1 N–H and O–H groups in total. The summed E-state index contributed by atoms with van der Waals surface area (Å²) < 4.78 is 0. The van der Waals surface area contributed by atoms with Crippen molar-refractivity contribution in [2.75, 3.05) is 18.0 Å². The first-order valence-electron chi connectivity index (χ1n) is 8.96. The summed E-state index contributed by atoms with van der Waals surface area (Å²) in [6, 6.07) is 5.41. The predicted octanol–water partition coefficient (Wildman–Crippen LogP) is 4.40. The lowest BCUT2D eigenvalue weighted by Gasteiger charge is -2.23. The molecule has 4 nitrogen and oxygen atoms in total. The van der Waals surface area contributed by atoms with Gasteiger partial charge in [-0.05, 0) is 62.8 Å². The standard InChI is InChI=1S/C20H27ClN2O2/c1-15-14-18(21)8-9-19(15)23(16(2)24)13-11-20(25)22-12-10-17-6-4-3-5-7-17/h6,8-9,14H,3-5,7,10-13H2,1-2H3,(H,22,25). The van der Waals surface area contributed by atoms with Gasteiger partial charge in [0.25, 0.3) is 0 Å². The number of benzene rings is 1. The van der Waals surface area contributed by atoms with Gasteiger partial charge in [-0.15, -0.1) is 0 Å². The predicted molar refractivity (Wildman–Crippen MR) is 103 cm³/mol. The number of hydrogen-bond acceptors (Lipinski definition) is 2. The average Bonchev–Trinajstić information content (AvgIpc) is 2.57. The molecule has 0 aliphatic heterocycles. The number of nitrogens with zero attached hydrogens (tertiary/aromatic N) is 1. The summed E-state index contributed by atoms with van der Waals surface area (Å²) in [6.07, 6.45) is 8.38. The molecule has 2 amide bonds. The number of aryl methyl sites for hydroxylation is 1. The van der Waals surface area contributed by atoms with Crippen LogP contribution in [-0.4, -0.2) is 24.9 Å². The van der Waals surface area contributed by atoms with E-state index in [1.165, 1.54) is 25.3 Å². The van der Waals surface area contributed by atoms with E-state index >= 15 is 0 Å². The van der Waals surface area contributed by atoms with E-state index in [4.69, 9.17) is 11.6 Å². The van der Waals surface area contributed by atoms with Crippen LogP contribution in [0.1, 0.15) is 51.0 Å². The minimum Gasteiger partial charge on any atom is -0.356 e. The highest BCUT2D eigenvalue weighted by molar-refractivity contribution is 6.30. The highest BCUT2D eigenvalue weighted by Gasteiger charge is 2.15. The van der Waals surface area contributed by atoms with Crippen LogP contribution in [0.5, 0.6) is 0 Å². The molecule has 0 aromatic heterocycles. The second-order valence-electron chi connectivity index (χ2n) is 6.56. The molecular formula is C20H27ClN2O2. The van der Waals surface area contributed by atoms with Gasteiger partial charge >= 0.3 is 0 Å². The maximum absolute atomic E-state index is 12.1. The van der Waals surface area contributed by atoms with Gasteiger partial charge in [-0.25, -0.2) is 0 Å². The maximum Gasteiger partial charge on any atom is 0.223 e. The van der Waals surface area contributed by atoms with Gasteiger partial charge in [0.2, 0.25) is 11.8 Å². The molecule has 0 atom stereocenters. The molecule has 5 heteroatoms. The van der Waals surface area contributed by atoms with Gasteiger partial charge in [0, 0.05) is 37.1 Å². The van der Waals surface area contributed by atoms with E-state index in [0.717, 1.165) is 30.5 Å². The molecule has 0 heterocycles. The van der Waals surface area contributed by atoms with Crippen LogP contribution < -0.4 is 10.2 Å². The fourth-order valence-electron chi connectivity index (χ4n) is 3.17. The molecule has 0 spiro atoms. The third-order valence-corrected chi connectivity index (χ3v) is 4.78. The van der Waals surface area contributed by atoms with Crippen molar-refractivity contribution in [3.05, 3.63) is 40.4 Å². The average molecular weight is 363 g/mol. The molecule has 0 saturated heterocycles. The number of allylic oxidation sites excluding steroid dienone is 1. The summed E-state index contributed by atoms with van der Waals surface area (Å²) in [5.41, 5.74) is 3.18. The molecule has 2 rings (SSSR count). The van der Waals surface area contributed by atoms with Crippen molar-refractivity contribution in [3.63, 3.8) is 0 Å². The Morgan fingerprint density at radius 1 is 1.28 bits per heavy atom. The minimum absolute atomic E-state index is 0.0192. The molecular weight excluding hydrogens is 336 g/mol. The molecule has 1 aliphatic rings. The third-order valence-electron chi connectivity index (χ3n) is 4.55. The Morgan fingerprint density at radius 2 is 2.08 bits per heavy atom. The minimum atomic E-state index is -0.0782. The van der Waals surface area contributed by atoms with Crippen molar-refractivity contribution in [2.45, 2.75) is 52.4 Å². The van der Waals surface area contributed by atoms with Crippen molar-refractivity contribution >= 4 is 29.1 Å². The first-order chi connectivity index (χ1) is 12.0. The van der Waals surface area contributed by atoms with Gasteiger partial charge in [0.05, 0.1) is 0 Å². The second-order valence-corrected chi connectivity index (χ2v) is 7.00. The van der Waals surface area contributed by atoms with Gasteiger partial charge < -0.3 is 10.2 Å². The molecule has 0 unspecified atom stereocenters. The van der Waals surface area contributed by atoms with Gasteiger partial charge in [0.1, 0.15) is 0 Å². The zero-order valence-corrected chi connectivity index (χ0v) is 15.9. The number of rotatable bonds is 7. The Bertz CT molecular complexity index is 655. The quantitative estimate of drug-likeness (QED) is 0.731. The zero-order valence-electron chi connectivity index (χ0n) is 15.1. The van der Waals surface area contributed by atoms with Crippen LogP contribution in [0, 0.1) is 6.92 Å². The van der Waals surface area contributed by atoms with Crippen LogP contribution in [-0.2, 0) is 9.59 Å². The smallest absolute Gasteiger partial charge is 0.223 e. The molecule has 0 fully saturated rings. The Kier molecular flexibility index (Phi) is 7.51. The van der Waals surface area contributed by atoms with E-state index in [1.807, 2.05) is 19.1 Å². The molecule has 1 aromatic rings. The van der Waals surface area contributed by atoms with Crippen LogP contribution in [0.3, 0.4) is 0 Å². The highest BCUT2D eigenvalue weighted by Crippen LogP contribution is 2.24. The summed E-state index contributed by atoms with van der Waals surface area (Å²) in [6.45, 7) is 4.47. The molecule has 25 heavy (non-hydrogen) atoms. The van der Waals surface area contributed by atoms with Crippen molar-refractivity contribution in [2.24, 2.45) is 0 Å². The highest BCUT2D eigenvalue weighted by atomic mass is 35.5. The van der Waals surface area contributed by atoms with Crippen molar-refractivity contribution < 1.29 is 9.59 Å². The zero-order chi connectivity index (χ0) is 18.2. The fourth-order valence-corrected chi connectivity index (χ4v) is 3.39. The van der Waals surface area contributed by atoms with Gasteiger partial charge in [0.15, 0.2) is 0 Å². The lowest BCUT2D eigenvalue weighted by Crippen LogP contribution is -2.34. The SMILES string of the molecule is CC(=O)N(CCC(=O)NCCC1=CCCCC1)c1ccc(Cl)cc1C. The molecule has 1 aromatic carbocycles. The Morgan fingerprint density at radius 3 is 2.72 bits per heavy atom. The van der Waals surface area contributed by atoms with Gasteiger partial charge in [-0.3, -0.25) is 9.59 Å². The number of halogens is 1. The van der Waals surface area contributed by atoms with E-state index < -0.39 is 0 Å². The van der Waals surface area contributed by atoms with Gasteiger partial charge in [-0.2, -0.15) is 0 Å². The third kappa shape index (κ3) is 6.20. The number of carbonyl (C=O) groups excluding carboxylic acids is 2. The van der Waals surface area contributed by atoms with Crippen LogP contribution >= 0.6 is 11.6 Å². The lowest BCUT2D eigenvalue weighted by molar-refractivity contribution is -0.121. The summed E-state index contributed by atoms with van der Waals surface area (Å²) in [5.74, 6) is -0.0974. The molecule has 0 saturated carbocycles. The first kappa shape index (κ1) is 19.5. The van der Waals surface area contributed by atoms with Crippen molar-refractivity contribution in [3.8, 4) is 0 Å². The largest absolute Gasteiger partial charge is 0.356 e. The summed E-state index contributed by atoms with van der Waals surface area (Å²) in [7, 11) is 0. The van der Waals surface area contributed by atoms with Crippen LogP contribution in [0.25, 0.3) is 0 Å². The van der Waals surface area contributed by atoms with E-state index in [1.54, 1.807) is 11.0 Å². The Labute approximate surface area is 155 Å². The number of nitrogens with one attached hydrogen (secondary N) is 1. The number of amides is 2. The molecule has 0 bridgehead atoms. The fraction of sp³-hybridized carbons (Fsp3) is 0.500. The van der Waals surface area contributed by atoms with E-state index in [-0.39, 0.29) is 11.8 Å². The molecule has 0 radical (unpaired) electrons. The monoisotopic (exact) mass is 362 g/mol. The number of hydrogen-bond donors (Lipinski definition) is 1. The summed E-state index contributed by atoms with van der Waals surface area (Å²) >= 11 is 5.98. The van der Waals surface area contributed by atoms with Crippen molar-refractivity contribution in [1.82, 2.24) is 5.32 Å². The van der Waals surface area contributed by atoms with E-state index in [0.29, 0.717) is 24.5 Å². The summed E-state index contributed by atoms with van der Waals surface area (Å²) in [5, 5.41) is 3.60. The van der Waals surface area contributed by atoms with Crippen LogP contribution in [0.15, 0.2) is 29.8 Å². The first-order valence-corrected chi connectivity index (χ1v) is 9.34.